The van der Waals surface area contributed by atoms with Crippen LogP contribution in [0.25, 0.3) is 0 Å². The Labute approximate surface area is 144 Å². The van der Waals surface area contributed by atoms with Gasteiger partial charge in [-0.05, 0) is 20.8 Å². The maximum absolute atomic E-state index is 12.1. The van der Waals surface area contributed by atoms with Gasteiger partial charge in [-0.25, -0.2) is 0 Å². The Kier molecular flexibility index (Phi) is 4.56. The zero-order valence-electron chi connectivity index (χ0n) is 14.6. The minimum Gasteiger partial charge on any atom is -0.360 e. The van der Waals surface area contributed by atoms with Gasteiger partial charge in [0.05, 0.1) is 6.20 Å². The molecule has 2 aromatic rings. The molecule has 134 valence electrons. The van der Waals surface area contributed by atoms with E-state index in [0.29, 0.717) is 50.1 Å². The molecular formula is C16H21N5O4. The van der Waals surface area contributed by atoms with Gasteiger partial charge in [-0.1, -0.05) is 10.3 Å². The summed E-state index contributed by atoms with van der Waals surface area (Å²) in [5.41, 5.74) is -0.597. The fourth-order valence-electron chi connectivity index (χ4n) is 2.72. The van der Waals surface area contributed by atoms with Crippen molar-refractivity contribution in [3.05, 3.63) is 29.7 Å². The first-order chi connectivity index (χ1) is 11.9. The molecule has 0 unspecified atom stereocenters. The molecule has 1 aliphatic heterocycles. The Bertz CT molecular complexity index is 752. The highest BCUT2D eigenvalue weighted by Gasteiger charge is 2.34. The van der Waals surface area contributed by atoms with Crippen LogP contribution in [0, 0.1) is 0 Å². The number of amides is 2. The highest BCUT2D eigenvalue weighted by Crippen LogP contribution is 2.29. The Morgan fingerprint density at radius 3 is 2.56 bits per heavy atom. The van der Waals surface area contributed by atoms with Crippen LogP contribution in [0.1, 0.15) is 38.2 Å². The van der Waals surface area contributed by atoms with E-state index in [0.717, 1.165) is 0 Å². The molecule has 0 spiro atoms. The van der Waals surface area contributed by atoms with Gasteiger partial charge in [0.1, 0.15) is 5.41 Å². The average molecular weight is 347 g/mol. The highest BCUT2D eigenvalue weighted by atomic mass is 16.5. The summed E-state index contributed by atoms with van der Waals surface area (Å²) < 4.78 is 10.5. The normalized spacial score (nSPS) is 16.0. The van der Waals surface area contributed by atoms with Crippen LogP contribution in [0.4, 0.5) is 0 Å². The number of piperazine rings is 1. The average Bonchev–Trinajstić information content (AvgIpc) is 3.28. The van der Waals surface area contributed by atoms with Crippen LogP contribution in [0.2, 0.25) is 0 Å². The molecule has 3 rings (SSSR count). The number of hydrogen-bond donors (Lipinski definition) is 0. The van der Waals surface area contributed by atoms with Crippen LogP contribution in [0.15, 0.2) is 21.3 Å². The van der Waals surface area contributed by atoms with Crippen LogP contribution in [0.5, 0.6) is 0 Å². The van der Waals surface area contributed by atoms with E-state index < -0.39 is 17.2 Å². The van der Waals surface area contributed by atoms with Crippen LogP contribution in [0.3, 0.4) is 0 Å². The predicted molar refractivity (Wildman–Crippen MR) is 85.5 cm³/mol. The maximum atomic E-state index is 12.1. The molecule has 9 heteroatoms. The molecule has 1 fully saturated rings. The van der Waals surface area contributed by atoms with Crippen molar-refractivity contribution in [2.45, 2.75) is 32.6 Å². The minimum atomic E-state index is -0.597. The van der Waals surface area contributed by atoms with Gasteiger partial charge in [0.25, 0.3) is 0 Å². The van der Waals surface area contributed by atoms with Crippen molar-refractivity contribution in [3.8, 4) is 0 Å². The van der Waals surface area contributed by atoms with E-state index >= 15 is 0 Å². The summed E-state index contributed by atoms with van der Waals surface area (Å²) in [5, 5.41) is 7.67. The summed E-state index contributed by atoms with van der Waals surface area (Å²) in [4.78, 5) is 31.5. The van der Waals surface area contributed by atoms with Gasteiger partial charge in [-0.2, -0.15) is 4.98 Å². The van der Waals surface area contributed by atoms with Crippen LogP contribution in [-0.4, -0.2) is 63.1 Å². The van der Waals surface area contributed by atoms with Gasteiger partial charge in [-0.15, -0.1) is 0 Å². The minimum absolute atomic E-state index is 0.379. The number of aromatic nitrogens is 3. The first-order valence-corrected chi connectivity index (χ1v) is 8.26. The lowest BCUT2D eigenvalue weighted by molar-refractivity contribution is -0.155. The molecule has 0 radical (unpaired) electrons. The Morgan fingerprint density at radius 2 is 1.88 bits per heavy atom. The summed E-state index contributed by atoms with van der Waals surface area (Å²) in [6.07, 6.45) is 1.98. The van der Waals surface area contributed by atoms with Crippen molar-refractivity contribution in [1.82, 2.24) is 25.1 Å². The lowest BCUT2D eigenvalue weighted by atomic mass is 9.90. The van der Waals surface area contributed by atoms with Crippen molar-refractivity contribution in [3.63, 3.8) is 0 Å². The van der Waals surface area contributed by atoms with Crippen LogP contribution < -0.4 is 0 Å². The molecule has 0 atom stereocenters. The molecule has 0 aliphatic carbocycles. The first kappa shape index (κ1) is 17.1. The topological polar surface area (TPSA) is 106 Å². The maximum Gasteiger partial charge on any atom is 0.312 e. The number of hydrogen-bond acceptors (Lipinski definition) is 7. The molecule has 0 N–H and O–H groups in total. The molecule has 1 aliphatic rings. The van der Waals surface area contributed by atoms with E-state index in [9.17, 15) is 9.59 Å². The molecule has 0 aromatic carbocycles. The van der Waals surface area contributed by atoms with Crippen molar-refractivity contribution >= 4 is 11.8 Å². The molecule has 2 aromatic heterocycles. The van der Waals surface area contributed by atoms with Gasteiger partial charge in [0.15, 0.2) is 11.6 Å². The number of carbonyl (C=O) groups excluding carboxylic acids is 2. The molecule has 0 saturated carbocycles. The number of rotatable bonds is 6. The monoisotopic (exact) mass is 347 g/mol. The van der Waals surface area contributed by atoms with Crippen molar-refractivity contribution < 1.29 is 18.6 Å². The number of carbonyl (C=O) groups is 2. The summed E-state index contributed by atoms with van der Waals surface area (Å²) in [7, 11) is 0. The molecule has 2 amide bonds. The zero-order valence-corrected chi connectivity index (χ0v) is 14.6. The molecule has 1 saturated heterocycles. The van der Waals surface area contributed by atoms with E-state index in [1.54, 1.807) is 17.2 Å². The second-order valence-corrected chi connectivity index (χ2v) is 6.44. The Balaban J connectivity index is 1.63. The van der Waals surface area contributed by atoms with Gasteiger partial charge in [0.2, 0.25) is 5.89 Å². The van der Waals surface area contributed by atoms with E-state index in [1.165, 1.54) is 4.90 Å². The fourth-order valence-corrected chi connectivity index (χ4v) is 2.72. The smallest absolute Gasteiger partial charge is 0.312 e. The van der Waals surface area contributed by atoms with E-state index in [1.807, 2.05) is 20.8 Å². The lowest BCUT2D eigenvalue weighted by Crippen LogP contribution is -2.54. The predicted octanol–water partition coefficient (Wildman–Crippen LogP) is 0.617. The second kappa shape index (κ2) is 6.66. The molecule has 9 nitrogen and oxygen atoms in total. The van der Waals surface area contributed by atoms with Gasteiger partial charge in [-0.3, -0.25) is 9.59 Å². The summed E-state index contributed by atoms with van der Waals surface area (Å²) >= 11 is 0. The van der Waals surface area contributed by atoms with Crippen LogP contribution >= 0.6 is 0 Å². The van der Waals surface area contributed by atoms with Crippen molar-refractivity contribution in [1.29, 1.82) is 0 Å². The van der Waals surface area contributed by atoms with Crippen molar-refractivity contribution in [2.24, 2.45) is 0 Å². The molecule has 3 heterocycles. The van der Waals surface area contributed by atoms with Gasteiger partial charge >= 0.3 is 11.8 Å². The highest BCUT2D eigenvalue weighted by molar-refractivity contribution is 6.35. The van der Waals surface area contributed by atoms with Crippen LogP contribution in [-0.2, 0) is 21.4 Å². The first-order valence-electron chi connectivity index (χ1n) is 8.26. The van der Waals surface area contributed by atoms with E-state index in [-0.39, 0.29) is 0 Å². The number of likely N-dealkylation sites (N-methyl/N-ethyl adjacent to an activating group) is 1. The molecule has 0 bridgehead atoms. The summed E-state index contributed by atoms with van der Waals surface area (Å²) in [6.45, 7) is 7.66. The Hall–Kier alpha value is -2.71. The quantitative estimate of drug-likeness (QED) is 0.705. The number of nitrogens with zero attached hydrogens (tertiary/aromatic N) is 5. The third kappa shape index (κ3) is 3.26. The van der Waals surface area contributed by atoms with Gasteiger partial charge < -0.3 is 18.8 Å². The van der Waals surface area contributed by atoms with E-state index in [2.05, 4.69) is 15.3 Å². The Morgan fingerprint density at radius 1 is 1.16 bits per heavy atom. The fraction of sp³-hybridized carbons (Fsp3) is 0.562. The summed E-state index contributed by atoms with van der Waals surface area (Å²) in [6, 6.07) is 1.75. The van der Waals surface area contributed by atoms with Crippen molar-refractivity contribution in [2.75, 3.05) is 26.2 Å². The summed E-state index contributed by atoms with van der Waals surface area (Å²) in [5.74, 6) is 0.602. The third-order valence-electron chi connectivity index (χ3n) is 4.44. The third-order valence-corrected chi connectivity index (χ3v) is 4.44. The SMILES string of the molecule is CCN1CCN(CCc2noc(C(C)(C)c3ccno3)n2)C(=O)C1=O. The van der Waals surface area contributed by atoms with E-state index in [4.69, 9.17) is 9.05 Å². The lowest BCUT2D eigenvalue weighted by Gasteiger charge is -2.32. The second-order valence-electron chi connectivity index (χ2n) is 6.44. The van der Waals surface area contributed by atoms with Gasteiger partial charge in [0, 0.05) is 38.7 Å². The standard InChI is InChI=1S/C16H21N5O4/c1-4-20-9-10-21(14(23)13(20)22)8-6-12-18-15(25-19-12)16(2,3)11-5-7-17-24-11/h5,7H,4,6,8-10H2,1-3H3. The zero-order chi connectivity index (χ0) is 18.0. The molecule has 25 heavy (non-hydrogen) atoms. The molecular weight excluding hydrogens is 326 g/mol. The largest absolute Gasteiger partial charge is 0.360 e.